The van der Waals surface area contributed by atoms with Crippen LogP contribution in [-0.4, -0.2) is 15.9 Å². The molecule has 0 saturated carbocycles. The Morgan fingerprint density at radius 2 is 2.25 bits per heavy atom. The summed E-state index contributed by atoms with van der Waals surface area (Å²) in [7, 11) is 0. The number of hydrogen-bond donors (Lipinski definition) is 1. The molecule has 0 heterocycles. The summed E-state index contributed by atoms with van der Waals surface area (Å²) in [6.07, 6.45) is 0.194. The fourth-order valence-corrected chi connectivity index (χ4v) is 0.518. The number of rotatable bonds is 2. The lowest BCUT2D eigenvalue weighted by Gasteiger charge is -1.92. The maximum atomic E-state index is 9.78. The zero-order valence-corrected chi connectivity index (χ0v) is 6.83. The molecule has 4 heteroatoms. The van der Waals surface area contributed by atoms with Gasteiger partial charge in [-0.2, -0.15) is 0 Å². The highest BCUT2D eigenvalue weighted by Gasteiger charge is 2.00. The fourth-order valence-electron chi connectivity index (χ4n) is 0.241. The molecule has 0 aromatic heterocycles. The molecule has 0 rings (SSSR count). The van der Waals surface area contributed by atoms with Crippen molar-refractivity contribution in [3.8, 4) is 0 Å². The summed E-state index contributed by atoms with van der Waals surface area (Å²) in [6.45, 7) is 1.80. The highest BCUT2D eigenvalue weighted by atomic mass is 79.9. The lowest BCUT2D eigenvalue weighted by atomic mass is 10.3. The van der Waals surface area contributed by atoms with Crippen molar-refractivity contribution in [1.29, 1.82) is 0 Å². The average Bonchev–Trinajstić information content (AvgIpc) is 1.27. The van der Waals surface area contributed by atoms with Crippen molar-refractivity contribution in [3.05, 3.63) is 0 Å². The van der Waals surface area contributed by atoms with Crippen molar-refractivity contribution in [2.75, 3.05) is 0 Å². The van der Waals surface area contributed by atoms with Gasteiger partial charge in [-0.05, 0) is 0 Å². The molecule has 2 nitrogen and oxygen atoms in total. The zero-order valence-electron chi connectivity index (χ0n) is 4.43. The SMILES string of the molecule is CC(Br)CC(=O)O.Cl. The van der Waals surface area contributed by atoms with Gasteiger partial charge in [-0.15, -0.1) is 12.4 Å². The lowest BCUT2D eigenvalue weighted by molar-refractivity contribution is -0.136. The van der Waals surface area contributed by atoms with Crippen LogP contribution in [0.3, 0.4) is 0 Å². The van der Waals surface area contributed by atoms with Crippen molar-refractivity contribution in [2.45, 2.75) is 18.2 Å². The summed E-state index contributed by atoms with van der Waals surface area (Å²) in [5, 5.41) is 8.05. The number of carboxylic acid groups (broad SMARTS) is 1. The van der Waals surface area contributed by atoms with Crippen LogP contribution < -0.4 is 0 Å². The summed E-state index contributed by atoms with van der Waals surface area (Å²) in [4.78, 5) is 9.87. The Hall–Kier alpha value is 0.240. The van der Waals surface area contributed by atoms with Crippen molar-refractivity contribution in [1.82, 2.24) is 0 Å². The molecule has 0 aliphatic heterocycles. The Kier molecular flexibility index (Phi) is 7.46. The summed E-state index contributed by atoms with van der Waals surface area (Å²) >= 11 is 3.09. The Labute approximate surface area is 62.8 Å². The third kappa shape index (κ3) is 9.53. The number of alkyl halides is 1. The first-order valence-corrected chi connectivity index (χ1v) is 2.90. The number of halogens is 2. The molecule has 0 spiro atoms. The molecule has 0 aliphatic carbocycles. The standard InChI is InChI=1S/C4H7BrO2.ClH/c1-3(5)2-4(6)7;/h3H,2H2,1H3,(H,6,7);1H. The molecular formula is C4H8BrClO2. The van der Waals surface area contributed by atoms with Crippen LogP contribution in [0, 0.1) is 0 Å². The van der Waals surface area contributed by atoms with E-state index in [0.29, 0.717) is 0 Å². The predicted octanol–water partition coefficient (Wildman–Crippen LogP) is 1.67. The second-order valence-corrected chi connectivity index (χ2v) is 2.94. The molecule has 0 saturated heterocycles. The Balaban J connectivity index is 0. The van der Waals surface area contributed by atoms with Gasteiger partial charge in [0, 0.05) is 4.83 Å². The highest BCUT2D eigenvalue weighted by molar-refractivity contribution is 9.09. The number of aliphatic carboxylic acids is 1. The van der Waals surface area contributed by atoms with Gasteiger partial charge in [0.25, 0.3) is 0 Å². The molecule has 1 N–H and O–H groups in total. The average molecular weight is 203 g/mol. The monoisotopic (exact) mass is 202 g/mol. The van der Waals surface area contributed by atoms with E-state index in [1.165, 1.54) is 0 Å². The number of carboxylic acids is 1. The van der Waals surface area contributed by atoms with Crippen LogP contribution in [0.25, 0.3) is 0 Å². The van der Waals surface area contributed by atoms with E-state index in [1.54, 1.807) is 6.92 Å². The van der Waals surface area contributed by atoms with Crippen LogP contribution in [-0.2, 0) is 4.79 Å². The summed E-state index contributed by atoms with van der Waals surface area (Å²) < 4.78 is 0. The molecule has 0 aliphatic rings. The van der Waals surface area contributed by atoms with Crippen molar-refractivity contribution in [3.63, 3.8) is 0 Å². The van der Waals surface area contributed by atoms with E-state index in [0.717, 1.165) is 0 Å². The minimum Gasteiger partial charge on any atom is -0.481 e. The maximum Gasteiger partial charge on any atom is 0.304 e. The number of hydrogen-bond acceptors (Lipinski definition) is 1. The fraction of sp³-hybridized carbons (Fsp3) is 0.750. The van der Waals surface area contributed by atoms with Crippen molar-refractivity contribution in [2.24, 2.45) is 0 Å². The van der Waals surface area contributed by atoms with Crippen molar-refractivity contribution >= 4 is 34.3 Å². The zero-order chi connectivity index (χ0) is 5.86. The Bertz CT molecular complexity index is 74.4. The van der Waals surface area contributed by atoms with E-state index < -0.39 is 5.97 Å². The van der Waals surface area contributed by atoms with Crippen LogP contribution in [0.5, 0.6) is 0 Å². The van der Waals surface area contributed by atoms with Gasteiger partial charge in [0.05, 0.1) is 6.42 Å². The molecule has 0 amide bonds. The smallest absolute Gasteiger partial charge is 0.304 e. The molecule has 0 bridgehead atoms. The molecule has 50 valence electrons. The Morgan fingerprint density at radius 3 is 2.25 bits per heavy atom. The summed E-state index contributed by atoms with van der Waals surface area (Å²) in [6, 6.07) is 0. The molecule has 1 atom stereocenters. The normalized spacial score (nSPS) is 11.8. The Morgan fingerprint density at radius 1 is 1.88 bits per heavy atom. The van der Waals surface area contributed by atoms with Gasteiger partial charge in [-0.1, -0.05) is 22.9 Å². The first kappa shape index (κ1) is 11.1. The molecule has 0 fully saturated rings. The van der Waals surface area contributed by atoms with Crippen LogP contribution in [0.4, 0.5) is 0 Å². The van der Waals surface area contributed by atoms with E-state index in [2.05, 4.69) is 15.9 Å². The van der Waals surface area contributed by atoms with Gasteiger partial charge in [0.15, 0.2) is 0 Å². The minimum absolute atomic E-state index is 0. The maximum absolute atomic E-state index is 9.78. The second kappa shape index (κ2) is 5.38. The van der Waals surface area contributed by atoms with E-state index in [9.17, 15) is 4.79 Å². The second-order valence-electron chi connectivity index (χ2n) is 1.38. The van der Waals surface area contributed by atoms with Gasteiger partial charge in [-0.3, -0.25) is 4.79 Å². The molecule has 0 aromatic carbocycles. The van der Waals surface area contributed by atoms with Crippen LogP contribution >= 0.6 is 28.3 Å². The molecule has 8 heavy (non-hydrogen) atoms. The molecule has 1 unspecified atom stereocenters. The summed E-state index contributed by atoms with van der Waals surface area (Å²) in [5.74, 6) is -0.760. The summed E-state index contributed by atoms with van der Waals surface area (Å²) in [5.41, 5.74) is 0. The lowest BCUT2D eigenvalue weighted by Crippen LogP contribution is -2.01. The first-order valence-electron chi connectivity index (χ1n) is 1.99. The predicted molar refractivity (Wildman–Crippen MR) is 37.9 cm³/mol. The van der Waals surface area contributed by atoms with E-state index in [-0.39, 0.29) is 23.7 Å². The van der Waals surface area contributed by atoms with Gasteiger partial charge >= 0.3 is 5.97 Å². The van der Waals surface area contributed by atoms with Crippen LogP contribution in [0.15, 0.2) is 0 Å². The molecule has 0 radical (unpaired) electrons. The number of carbonyl (C=O) groups is 1. The van der Waals surface area contributed by atoms with E-state index in [4.69, 9.17) is 5.11 Å². The van der Waals surface area contributed by atoms with Gasteiger partial charge in [-0.25, -0.2) is 0 Å². The topological polar surface area (TPSA) is 37.3 Å². The third-order valence-electron chi connectivity index (χ3n) is 0.456. The minimum atomic E-state index is -0.760. The van der Waals surface area contributed by atoms with Gasteiger partial charge < -0.3 is 5.11 Å². The molecule has 0 aromatic rings. The van der Waals surface area contributed by atoms with E-state index >= 15 is 0 Å². The van der Waals surface area contributed by atoms with Gasteiger partial charge in [0.1, 0.15) is 0 Å². The van der Waals surface area contributed by atoms with Crippen LogP contribution in [0.2, 0.25) is 0 Å². The highest BCUT2D eigenvalue weighted by Crippen LogP contribution is 2.01. The third-order valence-corrected chi connectivity index (χ3v) is 0.780. The van der Waals surface area contributed by atoms with Crippen LogP contribution in [0.1, 0.15) is 13.3 Å². The van der Waals surface area contributed by atoms with Crippen molar-refractivity contribution < 1.29 is 9.90 Å². The molecular weight excluding hydrogens is 195 g/mol. The quantitative estimate of drug-likeness (QED) is 0.693. The largest absolute Gasteiger partial charge is 0.481 e. The van der Waals surface area contributed by atoms with Gasteiger partial charge in [0.2, 0.25) is 0 Å². The first-order chi connectivity index (χ1) is 3.13. The van der Waals surface area contributed by atoms with E-state index in [1.807, 2.05) is 0 Å².